The molecule has 1 amide bonds. The minimum atomic E-state index is -0.604. The van der Waals surface area contributed by atoms with Gasteiger partial charge in [-0.1, -0.05) is 0 Å². The third-order valence-electron chi connectivity index (χ3n) is 4.60. The number of aryl methyl sites for hydroxylation is 1. The topological polar surface area (TPSA) is 81.7 Å². The Hall–Kier alpha value is -2.67. The molecule has 0 aliphatic heterocycles. The molecule has 0 bridgehead atoms. The maximum Gasteiger partial charge on any atom is 0.341 e. The predicted octanol–water partition coefficient (Wildman–Crippen LogP) is 4.15. The van der Waals surface area contributed by atoms with E-state index in [0.29, 0.717) is 28.5 Å². The fourth-order valence-electron chi connectivity index (χ4n) is 2.71. The van der Waals surface area contributed by atoms with Crippen LogP contribution in [0.5, 0.6) is 5.75 Å². The van der Waals surface area contributed by atoms with Crippen LogP contribution in [0.25, 0.3) is 0 Å². The highest BCUT2D eigenvalue weighted by Crippen LogP contribution is 2.36. The van der Waals surface area contributed by atoms with Crippen LogP contribution < -0.4 is 10.1 Å². The molecule has 7 heteroatoms. The smallest absolute Gasteiger partial charge is 0.341 e. The summed E-state index contributed by atoms with van der Waals surface area (Å²) in [5.74, 6) is -0.262. The molecule has 1 heterocycles. The highest BCUT2D eigenvalue weighted by atomic mass is 32.1. The minimum absolute atomic E-state index is 0.0350. The quantitative estimate of drug-likeness (QED) is 0.531. The van der Waals surface area contributed by atoms with Crippen molar-refractivity contribution >= 4 is 34.0 Å². The highest BCUT2D eigenvalue weighted by Gasteiger charge is 2.31. The van der Waals surface area contributed by atoms with Gasteiger partial charge in [-0.15, -0.1) is 11.3 Å². The number of carbonyl (C=O) groups is 3. The summed E-state index contributed by atoms with van der Waals surface area (Å²) in [6.07, 6.45) is 1.76. The number of thiophene rings is 1. The largest absolute Gasteiger partial charge is 0.494 e. The van der Waals surface area contributed by atoms with Gasteiger partial charge in [-0.2, -0.15) is 0 Å². The molecule has 0 radical (unpaired) electrons. The second-order valence-corrected chi connectivity index (χ2v) is 7.93. The summed E-state index contributed by atoms with van der Waals surface area (Å²) < 4.78 is 10.6. The van der Waals surface area contributed by atoms with E-state index in [0.717, 1.165) is 23.3 Å². The Labute approximate surface area is 167 Å². The number of ether oxygens (including phenoxy) is 2. The number of amides is 1. The summed E-state index contributed by atoms with van der Waals surface area (Å²) >= 11 is 1.35. The van der Waals surface area contributed by atoms with E-state index in [1.165, 1.54) is 11.3 Å². The third kappa shape index (κ3) is 4.59. The number of hydrogen-bond acceptors (Lipinski definition) is 6. The lowest BCUT2D eigenvalue weighted by molar-refractivity contribution is -0.117. The summed E-state index contributed by atoms with van der Waals surface area (Å²) in [6, 6.07) is 6.69. The first kappa shape index (κ1) is 20.1. The molecule has 1 aromatic carbocycles. The van der Waals surface area contributed by atoms with Gasteiger partial charge in [0, 0.05) is 16.4 Å². The number of anilines is 1. The van der Waals surface area contributed by atoms with Crippen LogP contribution in [-0.2, 0) is 9.53 Å². The zero-order valence-electron chi connectivity index (χ0n) is 16.2. The van der Waals surface area contributed by atoms with E-state index >= 15 is 0 Å². The fourth-order valence-corrected chi connectivity index (χ4v) is 3.76. The predicted molar refractivity (Wildman–Crippen MR) is 107 cm³/mol. The number of benzene rings is 1. The third-order valence-corrected chi connectivity index (χ3v) is 5.72. The van der Waals surface area contributed by atoms with Crippen molar-refractivity contribution in [2.45, 2.75) is 33.6 Å². The van der Waals surface area contributed by atoms with Gasteiger partial charge >= 0.3 is 5.97 Å². The summed E-state index contributed by atoms with van der Waals surface area (Å²) in [4.78, 5) is 37.9. The van der Waals surface area contributed by atoms with Crippen LogP contribution in [-0.4, -0.2) is 30.9 Å². The molecule has 0 spiro atoms. The minimum Gasteiger partial charge on any atom is -0.494 e. The molecule has 1 aromatic heterocycles. The van der Waals surface area contributed by atoms with Gasteiger partial charge in [0.1, 0.15) is 10.8 Å². The van der Waals surface area contributed by atoms with Crippen LogP contribution in [0.15, 0.2) is 24.3 Å². The van der Waals surface area contributed by atoms with Crippen molar-refractivity contribution < 1.29 is 23.9 Å². The average molecular weight is 401 g/mol. The molecule has 0 unspecified atom stereocenters. The molecule has 6 nitrogen and oxygen atoms in total. The molecular weight excluding hydrogens is 378 g/mol. The first-order valence-electron chi connectivity index (χ1n) is 9.24. The summed E-state index contributed by atoms with van der Waals surface area (Å²) in [6.45, 7) is 5.76. The monoisotopic (exact) mass is 401 g/mol. The summed E-state index contributed by atoms with van der Waals surface area (Å²) in [5, 5.41) is 3.32. The van der Waals surface area contributed by atoms with Crippen molar-refractivity contribution in [1.82, 2.24) is 0 Å². The Morgan fingerprint density at radius 2 is 1.82 bits per heavy atom. The van der Waals surface area contributed by atoms with Gasteiger partial charge in [0.05, 0.1) is 12.2 Å². The van der Waals surface area contributed by atoms with E-state index in [9.17, 15) is 14.4 Å². The molecule has 1 fully saturated rings. The molecule has 28 heavy (non-hydrogen) atoms. The van der Waals surface area contributed by atoms with Gasteiger partial charge in [-0.05, 0) is 63.4 Å². The van der Waals surface area contributed by atoms with Gasteiger partial charge in [-0.25, -0.2) is 4.79 Å². The molecular formula is C21H23NO5S. The zero-order chi connectivity index (χ0) is 20.3. The number of nitrogens with one attached hydrogen (secondary N) is 1. The zero-order valence-corrected chi connectivity index (χ0v) is 17.0. The SMILES string of the molecule is CCOc1ccc(C(=O)COC(=O)c2c(NC(=O)C3CC3)sc(C)c2C)cc1. The summed E-state index contributed by atoms with van der Waals surface area (Å²) in [7, 11) is 0. The van der Waals surface area contributed by atoms with Gasteiger partial charge in [-0.3, -0.25) is 9.59 Å². The Balaban J connectivity index is 1.65. The number of esters is 1. The molecule has 1 aliphatic carbocycles. The van der Waals surface area contributed by atoms with E-state index in [1.54, 1.807) is 24.3 Å². The van der Waals surface area contributed by atoms with Gasteiger partial charge in [0.2, 0.25) is 5.91 Å². The first-order chi connectivity index (χ1) is 13.4. The first-order valence-corrected chi connectivity index (χ1v) is 10.1. The number of Topliss-reactive ketones (excluding diaryl/α,β-unsaturated/α-hetero) is 1. The Morgan fingerprint density at radius 3 is 2.43 bits per heavy atom. The van der Waals surface area contributed by atoms with Crippen LogP contribution >= 0.6 is 11.3 Å². The van der Waals surface area contributed by atoms with Crippen molar-refractivity contribution in [2.24, 2.45) is 5.92 Å². The number of carbonyl (C=O) groups excluding carboxylic acids is 3. The second kappa shape index (κ2) is 8.56. The fraction of sp³-hybridized carbons (Fsp3) is 0.381. The van der Waals surface area contributed by atoms with E-state index in [4.69, 9.17) is 9.47 Å². The van der Waals surface area contributed by atoms with Crippen molar-refractivity contribution in [1.29, 1.82) is 0 Å². The normalized spacial score (nSPS) is 13.1. The molecule has 3 rings (SSSR count). The van der Waals surface area contributed by atoms with E-state index in [2.05, 4.69) is 5.32 Å². The molecule has 0 atom stereocenters. The lowest BCUT2D eigenvalue weighted by atomic mass is 10.1. The Bertz CT molecular complexity index is 896. The van der Waals surface area contributed by atoms with Gasteiger partial charge in [0.15, 0.2) is 12.4 Å². The number of rotatable bonds is 8. The van der Waals surface area contributed by atoms with Crippen molar-refractivity contribution in [3.8, 4) is 5.75 Å². The Morgan fingerprint density at radius 1 is 1.14 bits per heavy atom. The average Bonchev–Trinajstić information content (AvgIpc) is 3.48. The van der Waals surface area contributed by atoms with Crippen molar-refractivity contribution in [2.75, 3.05) is 18.5 Å². The lowest BCUT2D eigenvalue weighted by Gasteiger charge is -2.08. The van der Waals surface area contributed by atoms with Gasteiger partial charge < -0.3 is 14.8 Å². The number of hydrogen-bond donors (Lipinski definition) is 1. The van der Waals surface area contributed by atoms with Crippen molar-refractivity contribution in [3.63, 3.8) is 0 Å². The molecule has 0 saturated heterocycles. The number of ketones is 1. The molecule has 1 N–H and O–H groups in total. The maximum atomic E-state index is 12.6. The van der Waals surface area contributed by atoms with Crippen LogP contribution in [0.3, 0.4) is 0 Å². The standard InChI is InChI=1S/C21H23NO5S/c1-4-26-16-9-7-14(8-10-16)17(23)11-27-21(25)18-12(2)13(3)28-20(18)22-19(24)15-5-6-15/h7-10,15H,4-6,11H2,1-3H3,(H,22,24). The molecule has 1 saturated carbocycles. The van der Waals surface area contributed by atoms with Crippen molar-refractivity contribution in [3.05, 3.63) is 45.8 Å². The lowest BCUT2D eigenvalue weighted by Crippen LogP contribution is -2.18. The van der Waals surface area contributed by atoms with E-state index in [-0.39, 0.29) is 24.2 Å². The van der Waals surface area contributed by atoms with Crippen LogP contribution in [0, 0.1) is 19.8 Å². The highest BCUT2D eigenvalue weighted by molar-refractivity contribution is 7.16. The molecule has 2 aromatic rings. The van der Waals surface area contributed by atoms with Crippen LogP contribution in [0.4, 0.5) is 5.00 Å². The molecule has 1 aliphatic rings. The summed E-state index contributed by atoms with van der Waals surface area (Å²) in [5.41, 5.74) is 1.53. The van der Waals surface area contributed by atoms with E-state index < -0.39 is 5.97 Å². The molecule has 148 valence electrons. The van der Waals surface area contributed by atoms with Gasteiger partial charge in [0.25, 0.3) is 0 Å². The van der Waals surface area contributed by atoms with Crippen LogP contribution in [0.2, 0.25) is 0 Å². The van der Waals surface area contributed by atoms with E-state index in [1.807, 2.05) is 20.8 Å². The second-order valence-electron chi connectivity index (χ2n) is 6.71. The van der Waals surface area contributed by atoms with Crippen LogP contribution in [0.1, 0.15) is 50.9 Å². The maximum absolute atomic E-state index is 12.6. The Kier molecular flexibility index (Phi) is 6.14.